The van der Waals surface area contributed by atoms with Crippen LogP contribution in [0.4, 0.5) is 0 Å². The molecule has 0 spiro atoms. The number of benzene rings is 3. The molecule has 0 aliphatic heterocycles. The summed E-state index contributed by atoms with van der Waals surface area (Å²) in [4.78, 5) is 12.8. The van der Waals surface area contributed by atoms with Gasteiger partial charge < -0.3 is 5.32 Å². The van der Waals surface area contributed by atoms with Crippen molar-refractivity contribution >= 4 is 5.91 Å². The van der Waals surface area contributed by atoms with Crippen LogP contribution in [0.15, 0.2) is 84.9 Å². The molecule has 0 atom stereocenters. The quantitative estimate of drug-likeness (QED) is 0.492. The minimum atomic E-state index is -0.0795. The average molecular weight is 381 g/mol. The normalized spacial score (nSPS) is 10.7. The molecule has 4 rings (SSSR count). The van der Waals surface area contributed by atoms with Gasteiger partial charge in [-0.1, -0.05) is 78.4 Å². The Morgan fingerprint density at radius 3 is 2.55 bits per heavy atom. The fraction of sp³-hybridized carbons (Fsp3) is 0.120. The van der Waals surface area contributed by atoms with Crippen LogP contribution in [0.25, 0.3) is 22.5 Å². The molecule has 144 valence electrons. The van der Waals surface area contributed by atoms with E-state index in [-0.39, 0.29) is 5.91 Å². The van der Waals surface area contributed by atoms with Gasteiger partial charge in [0.2, 0.25) is 0 Å². The third kappa shape index (κ3) is 4.43. The van der Waals surface area contributed by atoms with Crippen LogP contribution in [0.1, 0.15) is 21.5 Å². The highest BCUT2D eigenvalue weighted by molar-refractivity contribution is 6.00. The lowest BCUT2D eigenvalue weighted by Crippen LogP contribution is -2.26. The van der Waals surface area contributed by atoms with Crippen molar-refractivity contribution in [3.8, 4) is 22.5 Å². The average Bonchev–Trinajstić information content (AvgIpc) is 3.25. The minimum absolute atomic E-state index is 0.0795. The van der Waals surface area contributed by atoms with Crippen molar-refractivity contribution in [3.05, 3.63) is 102 Å². The van der Waals surface area contributed by atoms with E-state index < -0.39 is 0 Å². The molecule has 1 aromatic heterocycles. The Morgan fingerprint density at radius 2 is 1.72 bits per heavy atom. The summed E-state index contributed by atoms with van der Waals surface area (Å²) in [5.74, 6) is -0.0795. The van der Waals surface area contributed by atoms with E-state index in [0.717, 1.165) is 28.9 Å². The maximum absolute atomic E-state index is 12.8. The fourth-order valence-corrected chi connectivity index (χ4v) is 3.42. The number of hydrogen-bond acceptors (Lipinski definition) is 2. The number of carbonyl (C=O) groups is 1. The van der Waals surface area contributed by atoms with Gasteiger partial charge in [0, 0.05) is 23.2 Å². The summed E-state index contributed by atoms with van der Waals surface area (Å²) in [6.07, 6.45) is 0.803. The van der Waals surface area contributed by atoms with Crippen LogP contribution in [0, 0.1) is 6.92 Å². The number of H-pyrrole nitrogens is 1. The predicted molar refractivity (Wildman–Crippen MR) is 117 cm³/mol. The number of nitrogens with one attached hydrogen (secondary N) is 2. The second kappa shape index (κ2) is 8.57. The predicted octanol–water partition coefficient (Wildman–Crippen LogP) is 5.02. The number of aryl methyl sites for hydroxylation is 1. The summed E-state index contributed by atoms with van der Waals surface area (Å²) in [5, 5.41) is 10.5. The maximum Gasteiger partial charge on any atom is 0.251 e. The molecule has 0 fully saturated rings. The Hall–Kier alpha value is -3.66. The Kier molecular flexibility index (Phi) is 5.52. The van der Waals surface area contributed by atoms with Crippen molar-refractivity contribution in [1.29, 1.82) is 0 Å². The lowest BCUT2D eigenvalue weighted by Gasteiger charge is -2.09. The van der Waals surface area contributed by atoms with Gasteiger partial charge in [-0.05, 0) is 31.0 Å². The summed E-state index contributed by atoms with van der Waals surface area (Å²) in [6.45, 7) is 2.67. The molecule has 3 aromatic carbocycles. The lowest BCUT2D eigenvalue weighted by molar-refractivity contribution is 0.0955. The zero-order valence-electron chi connectivity index (χ0n) is 16.4. The van der Waals surface area contributed by atoms with Gasteiger partial charge in [-0.2, -0.15) is 5.10 Å². The zero-order valence-corrected chi connectivity index (χ0v) is 16.4. The molecule has 0 aliphatic rings. The molecule has 4 aromatic rings. The monoisotopic (exact) mass is 381 g/mol. The van der Waals surface area contributed by atoms with Crippen LogP contribution in [-0.2, 0) is 6.42 Å². The van der Waals surface area contributed by atoms with Crippen molar-refractivity contribution in [2.75, 3.05) is 6.54 Å². The number of hydrogen-bond donors (Lipinski definition) is 2. The smallest absolute Gasteiger partial charge is 0.251 e. The van der Waals surface area contributed by atoms with E-state index in [4.69, 9.17) is 0 Å². The second-order valence-corrected chi connectivity index (χ2v) is 7.07. The van der Waals surface area contributed by atoms with Crippen LogP contribution in [0.2, 0.25) is 0 Å². The first-order valence-electron chi connectivity index (χ1n) is 9.75. The van der Waals surface area contributed by atoms with Gasteiger partial charge in [-0.25, -0.2) is 0 Å². The highest BCUT2D eigenvalue weighted by Gasteiger charge is 2.14. The van der Waals surface area contributed by atoms with Crippen LogP contribution >= 0.6 is 0 Å². The molecular weight excluding hydrogens is 358 g/mol. The first-order chi connectivity index (χ1) is 14.2. The van der Waals surface area contributed by atoms with E-state index in [1.54, 1.807) is 0 Å². The maximum atomic E-state index is 12.8. The summed E-state index contributed by atoms with van der Waals surface area (Å²) in [6, 6.07) is 27.9. The number of nitrogens with zero attached hydrogens (tertiary/aromatic N) is 1. The van der Waals surface area contributed by atoms with Gasteiger partial charge in [-0.3, -0.25) is 9.89 Å². The largest absolute Gasteiger partial charge is 0.352 e. The number of aromatic amines is 1. The van der Waals surface area contributed by atoms with Crippen LogP contribution in [0.3, 0.4) is 0 Å². The number of carbonyl (C=O) groups excluding carboxylic acids is 1. The summed E-state index contributed by atoms with van der Waals surface area (Å²) >= 11 is 0. The SMILES string of the molecule is Cc1cccc(CCNC(=O)c2ccccc2-c2cc(-c3ccccc3)n[nH]2)c1. The summed E-state index contributed by atoms with van der Waals surface area (Å²) in [7, 11) is 0. The highest BCUT2D eigenvalue weighted by Crippen LogP contribution is 2.26. The standard InChI is InChI=1S/C25H23N3O/c1-18-8-7-9-19(16-18)14-15-26-25(29)22-13-6-5-12-21(22)24-17-23(27-28-24)20-10-3-2-4-11-20/h2-13,16-17H,14-15H2,1H3,(H,26,29)(H,27,28). The Bertz CT molecular complexity index is 1120. The third-order valence-electron chi connectivity index (χ3n) is 4.89. The molecule has 2 N–H and O–H groups in total. The first-order valence-corrected chi connectivity index (χ1v) is 9.75. The van der Waals surface area contributed by atoms with E-state index in [1.807, 2.05) is 66.7 Å². The van der Waals surface area contributed by atoms with Gasteiger partial charge in [0.15, 0.2) is 0 Å². The van der Waals surface area contributed by atoms with Crippen molar-refractivity contribution in [1.82, 2.24) is 15.5 Å². The van der Waals surface area contributed by atoms with Gasteiger partial charge >= 0.3 is 0 Å². The second-order valence-electron chi connectivity index (χ2n) is 7.07. The van der Waals surface area contributed by atoms with Crippen molar-refractivity contribution in [2.45, 2.75) is 13.3 Å². The van der Waals surface area contributed by atoms with Gasteiger partial charge in [0.1, 0.15) is 0 Å². The lowest BCUT2D eigenvalue weighted by atomic mass is 10.0. The molecule has 1 heterocycles. The van der Waals surface area contributed by atoms with E-state index in [9.17, 15) is 4.79 Å². The Labute approximate surface area is 170 Å². The van der Waals surface area contributed by atoms with E-state index in [0.29, 0.717) is 12.1 Å². The molecular formula is C25H23N3O. The number of amides is 1. The Balaban J connectivity index is 1.49. The van der Waals surface area contributed by atoms with Crippen molar-refractivity contribution in [2.24, 2.45) is 0 Å². The van der Waals surface area contributed by atoms with Gasteiger partial charge in [-0.15, -0.1) is 0 Å². The van der Waals surface area contributed by atoms with E-state index in [1.165, 1.54) is 11.1 Å². The van der Waals surface area contributed by atoms with Gasteiger partial charge in [0.25, 0.3) is 5.91 Å². The zero-order chi connectivity index (χ0) is 20.1. The first kappa shape index (κ1) is 18.7. The molecule has 4 nitrogen and oxygen atoms in total. The van der Waals surface area contributed by atoms with Crippen LogP contribution < -0.4 is 5.32 Å². The van der Waals surface area contributed by atoms with Crippen LogP contribution in [0.5, 0.6) is 0 Å². The Morgan fingerprint density at radius 1 is 0.931 bits per heavy atom. The molecule has 1 amide bonds. The van der Waals surface area contributed by atoms with E-state index >= 15 is 0 Å². The summed E-state index contributed by atoms with van der Waals surface area (Å²) in [5.41, 5.74) is 6.65. The third-order valence-corrected chi connectivity index (χ3v) is 4.89. The van der Waals surface area contributed by atoms with Gasteiger partial charge in [0.05, 0.1) is 11.4 Å². The number of aromatic nitrogens is 2. The molecule has 29 heavy (non-hydrogen) atoms. The highest BCUT2D eigenvalue weighted by atomic mass is 16.1. The topological polar surface area (TPSA) is 57.8 Å². The molecule has 0 saturated carbocycles. The molecule has 4 heteroatoms. The van der Waals surface area contributed by atoms with Crippen molar-refractivity contribution in [3.63, 3.8) is 0 Å². The fourth-order valence-electron chi connectivity index (χ4n) is 3.42. The molecule has 0 bridgehead atoms. The molecule has 0 aliphatic carbocycles. The molecule has 0 unspecified atom stereocenters. The van der Waals surface area contributed by atoms with E-state index in [2.05, 4.69) is 40.6 Å². The summed E-state index contributed by atoms with van der Waals surface area (Å²) < 4.78 is 0. The molecule has 0 radical (unpaired) electrons. The molecule has 0 saturated heterocycles. The van der Waals surface area contributed by atoms with Crippen molar-refractivity contribution < 1.29 is 4.79 Å². The minimum Gasteiger partial charge on any atom is -0.352 e. The van der Waals surface area contributed by atoms with Crippen LogP contribution in [-0.4, -0.2) is 22.6 Å². The number of rotatable bonds is 6.